The molecule has 3 heterocycles. The zero-order valence-electron chi connectivity index (χ0n) is 14.9. The van der Waals surface area contributed by atoms with E-state index in [0.29, 0.717) is 36.2 Å². The number of amides is 1. The summed E-state index contributed by atoms with van der Waals surface area (Å²) >= 11 is 6.57. The molecule has 3 aromatic rings. The molecular formula is C20H17ClN4O3. The molecule has 8 heteroatoms. The van der Waals surface area contributed by atoms with Crippen molar-refractivity contribution < 1.29 is 14.6 Å². The number of pyridine rings is 1. The molecule has 142 valence electrons. The molecule has 2 aromatic heterocycles. The van der Waals surface area contributed by atoms with Crippen molar-refractivity contribution in [1.29, 1.82) is 5.26 Å². The summed E-state index contributed by atoms with van der Waals surface area (Å²) < 4.78 is 7.81. The van der Waals surface area contributed by atoms with Crippen LogP contribution in [0.2, 0.25) is 5.15 Å². The number of benzene rings is 1. The van der Waals surface area contributed by atoms with Crippen LogP contribution in [0.3, 0.4) is 0 Å². The predicted octanol–water partition coefficient (Wildman–Crippen LogP) is 3.91. The van der Waals surface area contributed by atoms with Gasteiger partial charge >= 0.3 is 6.09 Å². The Labute approximate surface area is 166 Å². The fourth-order valence-electron chi connectivity index (χ4n) is 3.42. The van der Waals surface area contributed by atoms with Gasteiger partial charge < -0.3 is 14.7 Å². The Kier molecular flexibility index (Phi) is 4.80. The lowest BCUT2D eigenvalue weighted by Gasteiger charge is -2.16. The summed E-state index contributed by atoms with van der Waals surface area (Å²) in [6, 6.07) is 11.1. The fraction of sp³-hybridized carbons (Fsp3) is 0.250. The lowest BCUT2D eigenvalue weighted by Crippen LogP contribution is -2.27. The molecule has 7 nitrogen and oxygen atoms in total. The van der Waals surface area contributed by atoms with Crippen molar-refractivity contribution in [3.05, 3.63) is 53.6 Å². The summed E-state index contributed by atoms with van der Waals surface area (Å²) in [6.07, 6.45) is 3.19. The maximum Gasteiger partial charge on any atom is 0.407 e. The van der Waals surface area contributed by atoms with Gasteiger partial charge in [0.15, 0.2) is 0 Å². The average Bonchev–Trinajstić information content (AvgIpc) is 3.38. The van der Waals surface area contributed by atoms with E-state index < -0.39 is 6.09 Å². The Balaban J connectivity index is 1.63. The highest BCUT2D eigenvalue weighted by atomic mass is 35.5. The van der Waals surface area contributed by atoms with Crippen LogP contribution >= 0.6 is 11.6 Å². The van der Waals surface area contributed by atoms with Gasteiger partial charge in [-0.2, -0.15) is 5.26 Å². The fourth-order valence-corrected chi connectivity index (χ4v) is 3.72. The zero-order chi connectivity index (χ0) is 19.7. The van der Waals surface area contributed by atoms with Crippen molar-refractivity contribution >= 4 is 23.2 Å². The van der Waals surface area contributed by atoms with Crippen LogP contribution in [0, 0.1) is 17.2 Å². The van der Waals surface area contributed by atoms with E-state index in [-0.39, 0.29) is 5.92 Å². The number of halogens is 1. The van der Waals surface area contributed by atoms with Gasteiger partial charge in [0, 0.05) is 24.6 Å². The largest absolute Gasteiger partial charge is 0.491 e. The summed E-state index contributed by atoms with van der Waals surface area (Å²) in [6.45, 7) is 1.42. The predicted molar refractivity (Wildman–Crippen MR) is 104 cm³/mol. The van der Waals surface area contributed by atoms with Gasteiger partial charge in [-0.15, -0.1) is 0 Å². The Morgan fingerprint density at radius 3 is 2.86 bits per heavy atom. The van der Waals surface area contributed by atoms with Crippen LogP contribution in [-0.2, 0) is 0 Å². The molecule has 1 aliphatic rings. The van der Waals surface area contributed by atoms with E-state index in [1.54, 1.807) is 29.1 Å². The third kappa shape index (κ3) is 3.35. The van der Waals surface area contributed by atoms with Gasteiger partial charge in [0.2, 0.25) is 0 Å². The second-order valence-electron chi connectivity index (χ2n) is 6.75. The monoisotopic (exact) mass is 396 g/mol. The van der Waals surface area contributed by atoms with Gasteiger partial charge in [-0.25, -0.2) is 9.78 Å². The highest BCUT2D eigenvalue weighted by molar-refractivity contribution is 6.32. The molecule has 0 saturated carbocycles. The first kappa shape index (κ1) is 18.1. The molecule has 1 fully saturated rings. The first-order valence-electron chi connectivity index (χ1n) is 8.82. The molecule has 4 rings (SSSR count). The number of ether oxygens (including phenoxy) is 1. The lowest BCUT2D eigenvalue weighted by molar-refractivity contribution is 0.152. The maximum atomic E-state index is 11.1. The van der Waals surface area contributed by atoms with E-state index in [9.17, 15) is 4.79 Å². The average molecular weight is 397 g/mol. The van der Waals surface area contributed by atoms with Crippen molar-refractivity contribution in [2.75, 3.05) is 19.7 Å². The van der Waals surface area contributed by atoms with Crippen LogP contribution in [0.5, 0.6) is 5.75 Å². The normalized spacial score (nSPS) is 16.3. The van der Waals surface area contributed by atoms with E-state index in [1.807, 2.05) is 18.2 Å². The van der Waals surface area contributed by atoms with Crippen molar-refractivity contribution in [3.8, 4) is 22.9 Å². The first-order valence-corrected chi connectivity index (χ1v) is 9.20. The van der Waals surface area contributed by atoms with Crippen LogP contribution in [0.25, 0.3) is 16.6 Å². The van der Waals surface area contributed by atoms with Crippen LogP contribution in [-0.4, -0.2) is 45.2 Å². The molecule has 0 aliphatic carbocycles. The number of nitriles is 1. The third-order valence-electron chi connectivity index (χ3n) is 4.96. The highest BCUT2D eigenvalue weighted by Gasteiger charge is 2.26. The Hall–Kier alpha value is -3.24. The van der Waals surface area contributed by atoms with Gasteiger partial charge in [-0.1, -0.05) is 23.7 Å². The number of fused-ring (bicyclic) bond motifs is 1. The molecule has 0 unspecified atom stereocenters. The number of likely N-dealkylation sites (tertiary alicyclic amines) is 1. The highest BCUT2D eigenvalue weighted by Crippen LogP contribution is 2.35. The second-order valence-corrected chi connectivity index (χ2v) is 7.10. The van der Waals surface area contributed by atoms with Gasteiger partial charge in [-0.3, -0.25) is 4.40 Å². The lowest BCUT2D eigenvalue weighted by atomic mass is 10.1. The minimum atomic E-state index is -0.893. The van der Waals surface area contributed by atoms with Crippen LogP contribution < -0.4 is 4.74 Å². The molecule has 1 amide bonds. The van der Waals surface area contributed by atoms with Gasteiger partial charge in [0.25, 0.3) is 0 Å². The van der Waals surface area contributed by atoms with Crippen molar-refractivity contribution in [2.24, 2.45) is 5.92 Å². The number of hydrogen-bond donors (Lipinski definition) is 1. The standard InChI is InChI=1S/C20H17ClN4O3/c21-19-16(15-3-1-13(8-22)2-4-15)7-18(17-9-23-12-25(17)19)28-11-14-5-6-24(10-14)20(26)27/h1-4,7,9,12,14H,5-6,10-11H2,(H,26,27)/t14-/m1/s1. The molecule has 1 atom stereocenters. The number of aromatic nitrogens is 2. The molecule has 0 bridgehead atoms. The summed E-state index contributed by atoms with van der Waals surface area (Å²) in [4.78, 5) is 16.7. The summed E-state index contributed by atoms with van der Waals surface area (Å²) in [5, 5.41) is 18.6. The number of imidazole rings is 1. The third-order valence-corrected chi connectivity index (χ3v) is 5.34. The van der Waals surface area contributed by atoms with Crippen LogP contribution in [0.1, 0.15) is 12.0 Å². The van der Waals surface area contributed by atoms with E-state index in [1.165, 1.54) is 4.90 Å². The van der Waals surface area contributed by atoms with E-state index in [0.717, 1.165) is 23.1 Å². The SMILES string of the molecule is N#Cc1ccc(-c2cc(OC[C@@H]3CCN(C(=O)O)C3)c3cncn3c2Cl)cc1. The number of rotatable bonds is 4. The Morgan fingerprint density at radius 1 is 1.39 bits per heavy atom. The molecule has 1 N–H and O–H groups in total. The maximum absolute atomic E-state index is 11.1. The zero-order valence-corrected chi connectivity index (χ0v) is 15.6. The topological polar surface area (TPSA) is 90.9 Å². The van der Waals surface area contributed by atoms with Crippen molar-refractivity contribution in [3.63, 3.8) is 0 Å². The van der Waals surface area contributed by atoms with E-state index in [4.69, 9.17) is 26.7 Å². The summed E-state index contributed by atoms with van der Waals surface area (Å²) in [5.41, 5.74) is 2.95. The van der Waals surface area contributed by atoms with Crippen LogP contribution in [0.4, 0.5) is 4.79 Å². The molecular weight excluding hydrogens is 380 g/mol. The number of nitrogens with zero attached hydrogens (tertiary/aromatic N) is 4. The number of carboxylic acid groups (broad SMARTS) is 1. The van der Waals surface area contributed by atoms with Crippen molar-refractivity contribution in [2.45, 2.75) is 6.42 Å². The summed E-state index contributed by atoms with van der Waals surface area (Å²) in [7, 11) is 0. The molecule has 1 aliphatic heterocycles. The van der Waals surface area contributed by atoms with Gasteiger partial charge in [0.1, 0.15) is 22.7 Å². The molecule has 28 heavy (non-hydrogen) atoms. The molecule has 0 radical (unpaired) electrons. The molecule has 1 aromatic carbocycles. The van der Waals surface area contributed by atoms with Gasteiger partial charge in [0.05, 0.1) is 24.4 Å². The van der Waals surface area contributed by atoms with Crippen LogP contribution in [0.15, 0.2) is 42.9 Å². The Morgan fingerprint density at radius 2 is 2.18 bits per heavy atom. The molecule has 0 spiro atoms. The first-order chi connectivity index (χ1) is 13.6. The minimum absolute atomic E-state index is 0.146. The molecule has 1 saturated heterocycles. The van der Waals surface area contributed by atoms with Crippen molar-refractivity contribution in [1.82, 2.24) is 14.3 Å². The Bertz CT molecular complexity index is 1070. The smallest absolute Gasteiger partial charge is 0.407 e. The van der Waals surface area contributed by atoms with E-state index in [2.05, 4.69) is 11.1 Å². The van der Waals surface area contributed by atoms with E-state index >= 15 is 0 Å². The minimum Gasteiger partial charge on any atom is -0.491 e. The van der Waals surface area contributed by atoms with Gasteiger partial charge in [-0.05, 0) is 30.2 Å². The second kappa shape index (κ2) is 7.41. The summed E-state index contributed by atoms with van der Waals surface area (Å²) in [5.74, 6) is 0.781. The number of hydrogen-bond acceptors (Lipinski definition) is 4. The number of carbonyl (C=O) groups is 1. The quantitative estimate of drug-likeness (QED) is 0.675.